The van der Waals surface area contributed by atoms with Crippen molar-refractivity contribution in [3.8, 4) is 11.5 Å². The summed E-state index contributed by atoms with van der Waals surface area (Å²) in [7, 11) is 3.01. The lowest BCUT2D eigenvalue weighted by molar-refractivity contribution is 0.0449. The summed E-state index contributed by atoms with van der Waals surface area (Å²) in [6.07, 6.45) is 1.44. The molecule has 0 N–H and O–H groups in total. The molecule has 0 fully saturated rings. The summed E-state index contributed by atoms with van der Waals surface area (Å²) < 4.78 is 20.0. The van der Waals surface area contributed by atoms with Crippen molar-refractivity contribution in [1.82, 2.24) is 4.98 Å². The van der Waals surface area contributed by atoms with Crippen LogP contribution in [-0.4, -0.2) is 38.6 Å². The zero-order valence-electron chi connectivity index (χ0n) is 10.1. The van der Waals surface area contributed by atoms with Crippen molar-refractivity contribution in [3.05, 3.63) is 18.0 Å². The number of ether oxygens (including phenoxy) is 4. The molecule has 0 bridgehead atoms. The maximum Gasteiger partial charge on any atom is 0.188 e. The molecule has 0 unspecified atom stereocenters. The zero-order valence-corrected chi connectivity index (χ0v) is 10.1. The fourth-order valence-corrected chi connectivity index (χ4v) is 1.13. The van der Waals surface area contributed by atoms with E-state index in [1.807, 2.05) is 0 Å². The summed E-state index contributed by atoms with van der Waals surface area (Å²) in [5.74, 6) is 0.602. The van der Waals surface area contributed by atoms with Crippen LogP contribution in [0.2, 0.25) is 0 Å². The first-order valence-corrected chi connectivity index (χ1v) is 4.93. The molecule has 1 rings (SSSR count). The van der Waals surface area contributed by atoms with Gasteiger partial charge >= 0.3 is 0 Å². The van der Waals surface area contributed by atoms with Crippen LogP contribution in [0.1, 0.15) is 17.4 Å². The van der Waals surface area contributed by atoms with E-state index in [4.69, 9.17) is 18.9 Å². The van der Waals surface area contributed by atoms with Crippen molar-refractivity contribution in [2.24, 2.45) is 0 Å². The van der Waals surface area contributed by atoms with Crippen molar-refractivity contribution >= 4 is 5.78 Å². The Labute approximate surface area is 99.5 Å². The highest BCUT2D eigenvalue weighted by atomic mass is 16.7. The third kappa shape index (κ3) is 4.01. The molecule has 6 heteroatoms. The van der Waals surface area contributed by atoms with Gasteiger partial charge in [0.15, 0.2) is 25.1 Å². The van der Waals surface area contributed by atoms with Crippen LogP contribution < -0.4 is 9.47 Å². The lowest BCUT2D eigenvalue weighted by Gasteiger charge is -2.10. The smallest absolute Gasteiger partial charge is 0.188 e. The summed E-state index contributed by atoms with van der Waals surface area (Å²) in [6.45, 7) is 1.55. The lowest BCUT2D eigenvalue weighted by atomic mass is 10.2. The number of ketones is 1. The van der Waals surface area contributed by atoms with E-state index in [1.165, 1.54) is 27.3 Å². The Kier molecular flexibility index (Phi) is 5.38. The summed E-state index contributed by atoms with van der Waals surface area (Å²) in [6, 6.07) is 1.57. The van der Waals surface area contributed by atoms with Gasteiger partial charge in [0.1, 0.15) is 11.4 Å². The maximum absolute atomic E-state index is 11.3. The van der Waals surface area contributed by atoms with E-state index in [1.54, 1.807) is 6.07 Å². The molecule has 0 spiro atoms. The summed E-state index contributed by atoms with van der Waals surface area (Å²) in [5.41, 5.74) is 0.242. The molecule has 1 aromatic heterocycles. The predicted octanol–water partition coefficient (Wildman–Crippen LogP) is 1.25. The van der Waals surface area contributed by atoms with Gasteiger partial charge < -0.3 is 18.9 Å². The molecule has 0 atom stereocenters. The molecule has 1 heterocycles. The third-order valence-electron chi connectivity index (χ3n) is 1.84. The molecule has 0 aliphatic carbocycles. The predicted molar refractivity (Wildman–Crippen MR) is 59.2 cm³/mol. The Balaban J connectivity index is 2.88. The van der Waals surface area contributed by atoms with Crippen molar-refractivity contribution in [2.75, 3.05) is 27.8 Å². The lowest BCUT2D eigenvalue weighted by Crippen LogP contribution is -2.07. The van der Waals surface area contributed by atoms with Gasteiger partial charge in [-0.25, -0.2) is 4.98 Å². The van der Waals surface area contributed by atoms with E-state index in [0.717, 1.165) is 0 Å². The number of Topliss-reactive ketones (excluding diaryl/α,β-unsaturated/α-hetero) is 1. The minimum atomic E-state index is -0.186. The van der Waals surface area contributed by atoms with Crippen LogP contribution in [-0.2, 0) is 9.47 Å². The monoisotopic (exact) mass is 241 g/mol. The summed E-state index contributed by atoms with van der Waals surface area (Å²) in [4.78, 5) is 15.3. The first kappa shape index (κ1) is 13.4. The molecule has 6 nitrogen and oxygen atoms in total. The largest absolute Gasteiger partial charge is 0.466 e. The summed E-state index contributed by atoms with van der Waals surface area (Å²) >= 11 is 0. The van der Waals surface area contributed by atoms with Crippen LogP contribution in [0.15, 0.2) is 12.3 Å². The van der Waals surface area contributed by atoms with Crippen LogP contribution in [0.25, 0.3) is 0 Å². The van der Waals surface area contributed by atoms with Crippen LogP contribution in [0.3, 0.4) is 0 Å². The Bertz CT molecular complexity index is 380. The Morgan fingerprint density at radius 3 is 2.47 bits per heavy atom. The molecule has 0 aliphatic heterocycles. The number of hydrogen-bond donors (Lipinski definition) is 0. The standard InChI is InChI=1S/C11H15NO5/c1-8(13)11-10(17-7-15-3)4-9(5-12-11)16-6-14-2/h4-5H,6-7H2,1-3H3. The van der Waals surface area contributed by atoms with Gasteiger partial charge in [-0.3, -0.25) is 4.79 Å². The zero-order chi connectivity index (χ0) is 12.7. The minimum Gasteiger partial charge on any atom is -0.466 e. The molecule has 0 saturated carbocycles. The van der Waals surface area contributed by atoms with Gasteiger partial charge in [-0.15, -0.1) is 0 Å². The molecule has 0 saturated heterocycles. The van der Waals surface area contributed by atoms with E-state index in [2.05, 4.69) is 4.98 Å². The number of hydrogen-bond acceptors (Lipinski definition) is 6. The number of aromatic nitrogens is 1. The quantitative estimate of drug-likeness (QED) is 0.528. The molecule has 17 heavy (non-hydrogen) atoms. The van der Waals surface area contributed by atoms with Crippen LogP contribution in [0, 0.1) is 0 Å². The number of nitrogens with zero attached hydrogens (tertiary/aromatic N) is 1. The van der Waals surface area contributed by atoms with Crippen molar-refractivity contribution in [3.63, 3.8) is 0 Å². The fraction of sp³-hybridized carbons (Fsp3) is 0.455. The average Bonchev–Trinajstić information content (AvgIpc) is 2.33. The number of carbonyl (C=O) groups excluding carboxylic acids is 1. The van der Waals surface area contributed by atoms with Gasteiger partial charge in [0.2, 0.25) is 0 Å². The molecular formula is C11H15NO5. The second-order valence-corrected chi connectivity index (χ2v) is 3.18. The van der Waals surface area contributed by atoms with E-state index >= 15 is 0 Å². The Morgan fingerprint density at radius 2 is 1.88 bits per heavy atom. The minimum absolute atomic E-state index is 0.0374. The first-order valence-electron chi connectivity index (χ1n) is 4.93. The highest BCUT2D eigenvalue weighted by Gasteiger charge is 2.12. The summed E-state index contributed by atoms with van der Waals surface area (Å²) in [5, 5.41) is 0. The van der Waals surface area contributed by atoms with E-state index in [9.17, 15) is 4.79 Å². The molecule has 0 radical (unpaired) electrons. The van der Waals surface area contributed by atoms with E-state index < -0.39 is 0 Å². The van der Waals surface area contributed by atoms with Crippen LogP contribution >= 0.6 is 0 Å². The molecule has 0 aromatic carbocycles. The van der Waals surface area contributed by atoms with E-state index in [-0.39, 0.29) is 25.1 Å². The van der Waals surface area contributed by atoms with Crippen molar-refractivity contribution < 1.29 is 23.7 Å². The van der Waals surface area contributed by atoms with Gasteiger partial charge in [-0.05, 0) is 0 Å². The number of pyridine rings is 1. The van der Waals surface area contributed by atoms with Gasteiger partial charge in [0.05, 0.1) is 6.20 Å². The maximum atomic E-state index is 11.3. The van der Waals surface area contributed by atoms with E-state index in [0.29, 0.717) is 11.5 Å². The second-order valence-electron chi connectivity index (χ2n) is 3.18. The average molecular weight is 241 g/mol. The molecule has 1 aromatic rings. The normalized spacial score (nSPS) is 10.1. The topological polar surface area (TPSA) is 66.9 Å². The van der Waals surface area contributed by atoms with Gasteiger partial charge in [-0.2, -0.15) is 0 Å². The molecule has 94 valence electrons. The highest BCUT2D eigenvalue weighted by Crippen LogP contribution is 2.23. The number of methoxy groups -OCH3 is 2. The van der Waals surface area contributed by atoms with Gasteiger partial charge in [0.25, 0.3) is 0 Å². The molecule has 0 amide bonds. The van der Waals surface area contributed by atoms with Gasteiger partial charge in [0, 0.05) is 27.2 Å². The third-order valence-corrected chi connectivity index (χ3v) is 1.84. The Morgan fingerprint density at radius 1 is 1.24 bits per heavy atom. The Hall–Kier alpha value is -1.66. The first-order chi connectivity index (χ1) is 8.19. The van der Waals surface area contributed by atoms with Crippen LogP contribution in [0.5, 0.6) is 11.5 Å². The van der Waals surface area contributed by atoms with Crippen molar-refractivity contribution in [2.45, 2.75) is 6.92 Å². The SMILES string of the molecule is COCOc1cnc(C(C)=O)c(OCOC)c1. The second kappa shape index (κ2) is 6.82. The number of rotatable bonds is 7. The van der Waals surface area contributed by atoms with Crippen molar-refractivity contribution in [1.29, 1.82) is 0 Å². The molecular weight excluding hydrogens is 226 g/mol. The highest BCUT2D eigenvalue weighted by molar-refractivity contribution is 5.94. The fourth-order valence-electron chi connectivity index (χ4n) is 1.13. The van der Waals surface area contributed by atoms with Gasteiger partial charge in [-0.1, -0.05) is 0 Å². The molecule has 0 aliphatic rings. The number of carbonyl (C=O) groups is 1. The van der Waals surface area contributed by atoms with Crippen LogP contribution in [0.4, 0.5) is 0 Å².